The summed E-state index contributed by atoms with van der Waals surface area (Å²) in [7, 11) is 1.54. The molecule has 1 aliphatic heterocycles. The van der Waals surface area contributed by atoms with Crippen LogP contribution in [0, 0.1) is 10.1 Å². The summed E-state index contributed by atoms with van der Waals surface area (Å²) in [5.41, 5.74) is 4.09. The largest absolute Gasteiger partial charge is 0.496 e. The fraction of sp³-hybridized carbons (Fsp3) is 0.375. The number of nitrogens with one attached hydrogen (secondary N) is 1. The van der Waals surface area contributed by atoms with E-state index in [0.29, 0.717) is 17.4 Å². The van der Waals surface area contributed by atoms with E-state index in [1.165, 1.54) is 13.3 Å². The Kier molecular flexibility index (Phi) is 6.90. The number of alkyl halides is 3. The maximum atomic E-state index is 12.9. The number of rotatable bonds is 7. The molecule has 0 aliphatic carbocycles. The third-order valence-electron chi connectivity index (χ3n) is 5.69. The van der Waals surface area contributed by atoms with Gasteiger partial charge in [-0.2, -0.15) is 18.3 Å². The van der Waals surface area contributed by atoms with Gasteiger partial charge in [-0.15, -0.1) is 0 Å². The number of halogens is 3. The van der Waals surface area contributed by atoms with Crippen LogP contribution < -0.4 is 15.1 Å². The molecule has 0 aromatic heterocycles. The van der Waals surface area contributed by atoms with Crippen LogP contribution in [0.4, 0.5) is 30.2 Å². The normalized spacial score (nSPS) is 15.2. The number of allylic oxidation sites excluding steroid dienone is 1. The summed E-state index contributed by atoms with van der Waals surface area (Å²) >= 11 is 0. The fourth-order valence-corrected chi connectivity index (χ4v) is 4.16. The van der Waals surface area contributed by atoms with Gasteiger partial charge in [0.25, 0.3) is 5.69 Å². The molecule has 0 fully saturated rings. The van der Waals surface area contributed by atoms with E-state index < -0.39 is 22.4 Å². The van der Waals surface area contributed by atoms with Gasteiger partial charge in [-0.1, -0.05) is 13.0 Å². The molecule has 0 radical (unpaired) electrons. The minimum atomic E-state index is -4.69. The van der Waals surface area contributed by atoms with Crippen LogP contribution in [-0.4, -0.2) is 30.3 Å². The van der Waals surface area contributed by atoms with E-state index in [9.17, 15) is 23.3 Å². The van der Waals surface area contributed by atoms with Gasteiger partial charge in [0.2, 0.25) is 0 Å². The van der Waals surface area contributed by atoms with E-state index >= 15 is 0 Å². The number of nitro groups is 1. The summed E-state index contributed by atoms with van der Waals surface area (Å²) in [6.45, 7) is 9.31. The summed E-state index contributed by atoms with van der Waals surface area (Å²) in [6, 6.07) is 6.09. The Bertz CT molecular complexity index is 1160. The zero-order valence-corrected chi connectivity index (χ0v) is 19.7. The van der Waals surface area contributed by atoms with Crippen molar-refractivity contribution in [2.75, 3.05) is 24.0 Å². The third-order valence-corrected chi connectivity index (χ3v) is 5.69. The van der Waals surface area contributed by atoms with Crippen molar-refractivity contribution in [2.45, 2.75) is 45.8 Å². The van der Waals surface area contributed by atoms with E-state index in [1.807, 2.05) is 19.1 Å². The topological polar surface area (TPSA) is 80.0 Å². The first-order chi connectivity index (χ1) is 15.9. The highest BCUT2D eigenvalue weighted by atomic mass is 19.4. The number of hydrazone groups is 1. The maximum absolute atomic E-state index is 12.9. The number of fused-ring (bicyclic) bond motifs is 1. The first-order valence-electron chi connectivity index (χ1n) is 10.7. The van der Waals surface area contributed by atoms with Crippen LogP contribution >= 0.6 is 0 Å². The Morgan fingerprint density at radius 1 is 1.26 bits per heavy atom. The average molecular weight is 476 g/mol. The molecule has 34 heavy (non-hydrogen) atoms. The summed E-state index contributed by atoms with van der Waals surface area (Å²) < 4.78 is 44.3. The Morgan fingerprint density at radius 2 is 1.97 bits per heavy atom. The second-order valence-corrected chi connectivity index (χ2v) is 8.60. The molecular formula is C24H27F3N4O3. The molecule has 0 bridgehead atoms. The second kappa shape index (κ2) is 9.36. The standard InChI is InChI=1S/C24H27F3N4O3/c1-6-9-30-20-12-22(34-5)16(10-18(20)15(2)13-23(30,3)4)14-28-29-19-8-7-17(24(25,26)27)11-21(19)31(32)33/h7-8,10-14,29H,6,9H2,1-5H3/b28-14+. The second-order valence-electron chi connectivity index (χ2n) is 8.60. The number of methoxy groups -OCH3 is 1. The van der Waals surface area contributed by atoms with E-state index in [2.05, 4.69) is 42.3 Å². The van der Waals surface area contributed by atoms with Crippen molar-refractivity contribution in [2.24, 2.45) is 5.10 Å². The van der Waals surface area contributed by atoms with Crippen LogP contribution in [-0.2, 0) is 6.18 Å². The zero-order chi connectivity index (χ0) is 25.3. The third kappa shape index (κ3) is 5.00. The van der Waals surface area contributed by atoms with Crippen LogP contribution in [0.15, 0.2) is 41.5 Å². The van der Waals surface area contributed by atoms with Crippen molar-refractivity contribution < 1.29 is 22.8 Å². The highest BCUT2D eigenvalue weighted by Gasteiger charge is 2.33. The fourth-order valence-electron chi connectivity index (χ4n) is 4.16. The Labute approximate surface area is 196 Å². The predicted octanol–water partition coefficient (Wildman–Crippen LogP) is 6.48. The van der Waals surface area contributed by atoms with Crippen LogP contribution in [0.1, 0.15) is 50.8 Å². The molecule has 3 rings (SSSR count). The van der Waals surface area contributed by atoms with Crippen molar-refractivity contribution in [3.8, 4) is 5.75 Å². The van der Waals surface area contributed by atoms with Crippen molar-refractivity contribution >= 4 is 28.8 Å². The first-order valence-corrected chi connectivity index (χ1v) is 10.7. The van der Waals surface area contributed by atoms with Crippen molar-refractivity contribution in [3.05, 3.63) is 63.2 Å². The number of nitrogens with zero attached hydrogens (tertiary/aromatic N) is 3. The zero-order valence-electron chi connectivity index (χ0n) is 19.7. The van der Waals surface area contributed by atoms with E-state index in [1.54, 1.807) is 0 Å². The van der Waals surface area contributed by atoms with Crippen molar-refractivity contribution in [1.29, 1.82) is 0 Å². The van der Waals surface area contributed by atoms with E-state index in [4.69, 9.17) is 4.74 Å². The van der Waals surface area contributed by atoms with Gasteiger partial charge in [-0.25, -0.2) is 0 Å². The van der Waals surface area contributed by atoms with Gasteiger partial charge in [0.1, 0.15) is 11.4 Å². The Balaban J connectivity index is 1.96. The van der Waals surface area contributed by atoms with Gasteiger partial charge in [-0.3, -0.25) is 15.5 Å². The number of hydrogen-bond acceptors (Lipinski definition) is 6. The molecule has 0 atom stereocenters. The minimum absolute atomic E-state index is 0.155. The van der Waals surface area contributed by atoms with Crippen LogP contribution in [0.2, 0.25) is 0 Å². The SMILES string of the molecule is CCCN1c2cc(OC)c(/C=N/Nc3ccc(C(F)(F)F)cc3[N+](=O)[O-])cc2C(C)=CC1(C)C. The minimum Gasteiger partial charge on any atom is -0.496 e. The highest BCUT2D eigenvalue weighted by molar-refractivity contribution is 5.91. The lowest BCUT2D eigenvalue weighted by atomic mass is 9.87. The summed E-state index contributed by atoms with van der Waals surface area (Å²) in [4.78, 5) is 12.7. The molecular weight excluding hydrogens is 449 g/mol. The molecule has 7 nitrogen and oxygen atoms in total. The lowest BCUT2D eigenvalue weighted by Gasteiger charge is -2.43. The monoisotopic (exact) mass is 476 g/mol. The molecule has 0 spiro atoms. The van der Waals surface area contributed by atoms with Crippen LogP contribution in [0.3, 0.4) is 0 Å². The summed E-state index contributed by atoms with van der Waals surface area (Å²) in [5.74, 6) is 0.554. The summed E-state index contributed by atoms with van der Waals surface area (Å²) in [6.07, 6.45) is -0.0916. The maximum Gasteiger partial charge on any atom is 0.416 e. The molecule has 10 heteroatoms. The Morgan fingerprint density at radius 3 is 2.56 bits per heavy atom. The molecule has 1 aliphatic rings. The quantitative estimate of drug-likeness (QED) is 0.281. The van der Waals surface area contributed by atoms with E-state index in [-0.39, 0.29) is 11.2 Å². The molecule has 1 heterocycles. The smallest absolute Gasteiger partial charge is 0.416 e. The van der Waals surface area contributed by atoms with Gasteiger partial charge in [-0.05, 0) is 51.0 Å². The molecule has 0 saturated heterocycles. The van der Waals surface area contributed by atoms with Crippen molar-refractivity contribution in [3.63, 3.8) is 0 Å². The van der Waals surface area contributed by atoms with Gasteiger partial charge < -0.3 is 9.64 Å². The molecule has 2 aromatic rings. The number of hydrogen-bond donors (Lipinski definition) is 1. The predicted molar refractivity (Wildman–Crippen MR) is 128 cm³/mol. The number of benzene rings is 2. The van der Waals surface area contributed by atoms with Gasteiger partial charge in [0.15, 0.2) is 0 Å². The van der Waals surface area contributed by atoms with Crippen molar-refractivity contribution in [1.82, 2.24) is 0 Å². The number of anilines is 2. The van der Waals surface area contributed by atoms with Gasteiger partial charge >= 0.3 is 6.18 Å². The average Bonchev–Trinajstić information content (AvgIpc) is 2.75. The van der Waals surface area contributed by atoms with Gasteiger partial charge in [0, 0.05) is 35.5 Å². The first kappa shape index (κ1) is 25.1. The van der Waals surface area contributed by atoms with E-state index in [0.717, 1.165) is 41.9 Å². The molecule has 0 unspecified atom stereocenters. The lowest BCUT2D eigenvalue weighted by Crippen LogP contribution is -2.45. The number of nitro benzene ring substituents is 1. The molecule has 0 saturated carbocycles. The number of ether oxygens (including phenoxy) is 1. The molecule has 2 aromatic carbocycles. The lowest BCUT2D eigenvalue weighted by molar-refractivity contribution is -0.384. The van der Waals surface area contributed by atoms with Gasteiger partial charge in [0.05, 0.1) is 29.4 Å². The Hall–Kier alpha value is -3.56. The molecule has 0 amide bonds. The molecule has 182 valence electrons. The highest BCUT2D eigenvalue weighted by Crippen LogP contribution is 2.42. The van der Waals surface area contributed by atoms with Crippen LogP contribution in [0.5, 0.6) is 5.75 Å². The molecule has 1 N–H and O–H groups in total. The summed E-state index contributed by atoms with van der Waals surface area (Å²) in [5, 5.41) is 15.3. The van der Waals surface area contributed by atoms with Crippen LogP contribution in [0.25, 0.3) is 5.57 Å².